The van der Waals surface area contributed by atoms with E-state index in [0.29, 0.717) is 6.04 Å². The van der Waals surface area contributed by atoms with E-state index in [4.69, 9.17) is 4.74 Å². The quantitative estimate of drug-likeness (QED) is 0.906. The number of nitrogens with one attached hydrogen (secondary N) is 1. The van der Waals surface area contributed by atoms with Crippen LogP contribution < -0.4 is 10.2 Å². The van der Waals surface area contributed by atoms with Crippen molar-refractivity contribution in [2.45, 2.75) is 45.8 Å². The maximum atomic E-state index is 12.5. The van der Waals surface area contributed by atoms with Gasteiger partial charge >= 0.3 is 0 Å². The topological polar surface area (TPSA) is 41.6 Å². The highest BCUT2D eigenvalue weighted by molar-refractivity contribution is 5.95. The number of benzene rings is 1. The molecule has 1 aliphatic heterocycles. The van der Waals surface area contributed by atoms with E-state index < -0.39 is 0 Å². The zero-order chi connectivity index (χ0) is 15.2. The second-order valence-corrected chi connectivity index (χ2v) is 5.72. The van der Waals surface area contributed by atoms with Gasteiger partial charge in [-0.05, 0) is 44.9 Å². The van der Waals surface area contributed by atoms with Crippen LogP contribution >= 0.6 is 0 Å². The molecule has 0 saturated carbocycles. The third kappa shape index (κ3) is 4.05. The highest BCUT2D eigenvalue weighted by atomic mass is 16.5. The number of ether oxygens (including phenoxy) is 1. The molecule has 1 unspecified atom stereocenters. The Bertz CT molecular complexity index is 474. The molecule has 1 amide bonds. The van der Waals surface area contributed by atoms with Crippen LogP contribution in [0.2, 0.25) is 0 Å². The molecular weight excluding hydrogens is 264 g/mol. The first kappa shape index (κ1) is 16.0. The molecule has 1 N–H and O–H groups in total. The number of nitrogens with zero attached hydrogens (tertiary/aromatic N) is 1. The van der Waals surface area contributed by atoms with E-state index in [9.17, 15) is 4.79 Å². The normalized spacial score (nSPS) is 18.5. The molecule has 0 bridgehead atoms. The molecule has 0 radical (unpaired) electrons. The van der Waals surface area contributed by atoms with Crippen LogP contribution in [0.1, 0.15) is 45.2 Å². The number of para-hydroxylation sites is 1. The van der Waals surface area contributed by atoms with Gasteiger partial charge in [0, 0.05) is 18.3 Å². The van der Waals surface area contributed by atoms with Crippen LogP contribution in [-0.4, -0.2) is 31.7 Å². The number of carbonyl (C=O) groups excluding carboxylic acids is 1. The van der Waals surface area contributed by atoms with Crippen LogP contribution in [0.25, 0.3) is 0 Å². The lowest BCUT2D eigenvalue weighted by atomic mass is 10.0. The molecule has 0 fully saturated rings. The summed E-state index contributed by atoms with van der Waals surface area (Å²) in [4.78, 5) is 14.3. The Morgan fingerprint density at radius 2 is 2.19 bits per heavy atom. The number of amides is 1. The minimum Gasteiger partial charge on any atom is -0.369 e. The van der Waals surface area contributed by atoms with Crippen LogP contribution in [0.4, 0.5) is 5.69 Å². The number of carbonyl (C=O) groups is 1. The summed E-state index contributed by atoms with van der Waals surface area (Å²) in [5.74, 6) is 0.0494. The van der Waals surface area contributed by atoms with Crippen molar-refractivity contribution >= 4 is 11.6 Å². The van der Waals surface area contributed by atoms with Gasteiger partial charge in [-0.25, -0.2) is 0 Å². The fraction of sp³-hybridized carbons (Fsp3) is 0.588. The summed E-state index contributed by atoms with van der Waals surface area (Å²) in [6.07, 6.45) is 2.13. The zero-order valence-corrected chi connectivity index (χ0v) is 13.3. The maximum absolute atomic E-state index is 12.5. The second-order valence-electron chi connectivity index (χ2n) is 5.72. The van der Waals surface area contributed by atoms with Crippen molar-refractivity contribution in [3.8, 4) is 0 Å². The molecule has 4 nitrogen and oxygen atoms in total. The van der Waals surface area contributed by atoms with Gasteiger partial charge in [-0.15, -0.1) is 0 Å². The lowest BCUT2D eigenvalue weighted by molar-refractivity contribution is -0.124. The summed E-state index contributed by atoms with van der Waals surface area (Å²) < 4.78 is 5.48. The molecule has 0 aromatic heterocycles. The van der Waals surface area contributed by atoms with Gasteiger partial charge in [-0.3, -0.25) is 4.79 Å². The van der Waals surface area contributed by atoms with Gasteiger partial charge in [0.2, 0.25) is 0 Å². The van der Waals surface area contributed by atoms with E-state index in [1.807, 2.05) is 36.9 Å². The first-order valence-corrected chi connectivity index (χ1v) is 7.87. The predicted octanol–water partition coefficient (Wildman–Crippen LogP) is 2.89. The molecule has 0 spiro atoms. The summed E-state index contributed by atoms with van der Waals surface area (Å²) in [6, 6.07) is 8.53. The Kier molecular flexibility index (Phi) is 5.76. The molecule has 116 valence electrons. The van der Waals surface area contributed by atoms with Crippen LogP contribution in [0.15, 0.2) is 24.3 Å². The summed E-state index contributed by atoms with van der Waals surface area (Å²) in [5.41, 5.74) is 2.24. The third-order valence-electron chi connectivity index (χ3n) is 3.77. The number of hydrogen-bond acceptors (Lipinski definition) is 3. The van der Waals surface area contributed by atoms with Gasteiger partial charge in [-0.2, -0.15) is 0 Å². The average Bonchev–Trinajstić information content (AvgIpc) is 2.65. The predicted molar refractivity (Wildman–Crippen MR) is 85.5 cm³/mol. The van der Waals surface area contributed by atoms with Crippen LogP contribution in [0.3, 0.4) is 0 Å². The van der Waals surface area contributed by atoms with Crippen molar-refractivity contribution in [2.75, 3.05) is 24.6 Å². The second kappa shape index (κ2) is 7.57. The SMILES string of the molecule is CCNC1CCCN(C(=O)COC(C)C)c2ccccc21. The molecule has 1 aliphatic rings. The largest absolute Gasteiger partial charge is 0.369 e. The van der Waals surface area contributed by atoms with Gasteiger partial charge in [0.25, 0.3) is 5.91 Å². The van der Waals surface area contributed by atoms with Gasteiger partial charge in [0.15, 0.2) is 0 Å². The number of fused-ring (bicyclic) bond motifs is 1. The molecule has 0 saturated heterocycles. The van der Waals surface area contributed by atoms with Crippen LogP contribution in [-0.2, 0) is 9.53 Å². The third-order valence-corrected chi connectivity index (χ3v) is 3.77. The summed E-state index contributed by atoms with van der Waals surface area (Å²) in [7, 11) is 0. The number of anilines is 1. The monoisotopic (exact) mass is 290 g/mol. The number of hydrogen-bond donors (Lipinski definition) is 1. The highest BCUT2D eigenvalue weighted by Gasteiger charge is 2.25. The highest BCUT2D eigenvalue weighted by Crippen LogP contribution is 2.32. The van der Waals surface area contributed by atoms with Gasteiger partial charge in [-0.1, -0.05) is 25.1 Å². The first-order chi connectivity index (χ1) is 10.1. The molecule has 0 aliphatic carbocycles. The summed E-state index contributed by atoms with van der Waals surface area (Å²) >= 11 is 0. The van der Waals surface area contributed by atoms with Crippen molar-refractivity contribution in [3.05, 3.63) is 29.8 Å². The Morgan fingerprint density at radius 3 is 2.90 bits per heavy atom. The standard InChI is InChI=1S/C17H26N2O2/c1-4-18-15-9-7-11-19(17(20)12-21-13(2)3)16-10-6-5-8-14(15)16/h5-6,8,10,13,15,18H,4,7,9,11-12H2,1-3H3. The average molecular weight is 290 g/mol. The molecule has 1 heterocycles. The van der Waals surface area contributed by atoms with E-state index in [2.05, 4.69) is 18.3 Å². The van der Waals surface area contributed by atoms with E-state index in [1.54, 1.807) is 0 Å². The van der Waals surface area contributed by atoms with Crippen molar-refractivity contribution in [3.63, 3.8) is 0 Å². The van der Waals surface area contributed by atoms with Crippen molar-refractivity contribution < 1.29 is 9.53 Å². The maximum Gasteiger partial charge on any atom is 0.252 e. The van der Waals surface area contributed by atoms with Crippen molar-refractivity contribution in [2.24, 2.45) is 0 Å². The smallest absolute Gasteiger partial charge is 0.252 e. The Balaban J connectivity index is 2.22. The number of rotatable bonds is 5. The minimum absolute atomic E-state index is 0.0494. The fourth-order valence-electron chi connectivity index (χ4n) is 2.79. The molecule has 1 atom stereocenters. The van der Waals surface area contributed by atoms with E-state index in [0.717, 1.165) is 31.6 Å². The van der Waals surface area contributed by atoms with Gasteiger partial charge in [0.1, 0.15) is 6.61 Å². The Hall–Kier alpha value is -1.39. The molecule has 4 heteroatoms. The van der Waals surface area contributed by atoms with Crippen molar-refractivity contribution in [1.82, 2.24) is 5.32 Å². The summed E-state index contributed by atoms with van der Waals surface area (Å²) in [6.45, 7) is 7.86. The van der Waals surface area contributed by atoms with Crippen LogP contribution in [0, 0.1) is 0 Å². The lowest BCUT2D eigenvalue weighted by Crippen LogP contribution is -2.35. The fourth-order valence-corrected chi connectivity index (χ4v) is 2.79. The van der Waals surface area contributed by atoms with Gasteiger partial charge < -0.3 is 15.0 Å². The van der Waals surface area contributed by atoms with Crippen LogP contribution in [0.5, 0.6) is 0 Å². The van der Waals surface area contributed by atoms with E-state index >= 15 is 0 Å². The lowest BCUT2D eigenvalue weighted by Gasteiger charge is -2.24. The van der Waals surface area contributed by atoms with Crippen molar-refractivity contribution in [1.29, 1.82) is 0 Å². The molecule has 21 heavy (non-hydrogen) atoms. The van der Waals surface area contributed by atoms with E-state index in [-0.39, 0.29) is 18.6 Å². The molecular formula is C17H26N2O2. The molecule has 2 rings (SSSR count). The Labute approximate surface area is 127 Å². The van der Waals surface area contributed by atoms with E-state index in [1.165, 1.54) is 5.56 Å². The molecule has 1 aromatic rings. The zero-order valence-electron chi connectivity index (χ0n) is 13.3. The Morgan fingerprint density at radius 1 is 1.43 bits per heavy atom. The molecule has 1 aromatic carbocycles. The minimum atomic E-state index is 0.0494. The summed E-state index contributed by atoms with van der Waals surface area (Å²) in [5, 5.41) is 3.52. The van der Waals surface area contributed by atoms with Gasteiger partial charge in [0.05, 0.1) is 6.10 Å². The first-order valence-electron chi connectivity index (χ1n) is 7.87.